The van der Waals surface area contributed by atoms with Gasteiger partial charge in [0.25, 0.3) is 5.69 Å². The van der Waals surface area contributed by atoms with Gasteiger partial charge >= 0.3 is 0 Å². The summed E-state index contributed by atoms with van der Waals surface area (Å²) in [5, 5.41) is 11.4. The van der Waals surface area contributed by atoms with Crippen LogP contribution in [0.25, 0.3) is 0 Å². The van der Waals surface area contributed by atoms with Crippen LogP contribution in [-0.4, -0.2) is 11.1 Å². The summed E-state index contributed by atoms with van der Waals surface area (Å²) in [4.78, 5) is 14.8. The number of rotatable bonds is 6. The average molecular weight is 429 g/mol. The Morgan fingerprint density at radius 2 is 1.72 bits per heavy atom. The van der Waals surface area contributed by atoms with Crippen LogP contribution >= 0.6 is 23.2 Å². The van der Waals surface area contributed by atoms with Crippen molar-refractivity contribution >= 4 is 40.8 Å². The Kier molecular flexibility index (Phi) is 6.52. The summed E-state index contributed by atoms with van der Waals surface area (Å²) in [5.41, 5.74) is 4.72. The first-order valence-electron chi connectivity index (χ1n) is 8.80. The smallest absolute Gasteiger partial charge is 0.269 e. The van der Waals surface area contributed by atoms with E-state index < -0.39 is 4.92 Å². The molecule has 148 valence electrons. The highest BCUT2D eigenvalue weighted by atomic mass is 35.5. The number of aryl methyl sites for hydroxylation is 1. The molecule has 0 aliphatic heterocycles. The van der Waals surface area contributed by atoms with E-state index in [4.69, 9.17) is 27.9 Å². The first-order valence-corrected chi connectivity index (χ1v) is 9.56. The molecule has 3 aromatic rings. The standard InChI is InChI=1S/C22H18Cl2N2O3/c1-14-4-3-5-21(15(14)2)25-12-17-10-19(23)22(20(24)11-17)29-13-16-6-8-18(9-7-16)26(27)28/h3-12H,13H2,1-2H3. The van der Waals surface area contributed by atoms with Gasteiger partial charge in [-0.25, -0.2) is 0 Å². The van der Waals surface area contributed by atoms with E-state index >= 15 is 0 Å². The van der Waals surface area contributed by atoms with E-state index in [0.717, 1.165) is 22.4 Å². The maximum atomic E-state index is 10.7. The molecule has 0 bridgehead atoms. The predicted molar refractivity (Wildman–Crippen MR) is 117 cm³/mol. The van der Waals surface area contributed by atoms with Gasteiger partial charge in [0.05, 0.1) is 20.7 Å². The van der Waals surface area contributed by atoms with Crippen molar-refractivity contribution in [1.82, 2.24) is 0 Å². The van der Waals surface area contributed by atoms with Gasteiger partial charge in [-0.2, -0.15) is 0 Å². The summed E-state index contributed by atoms with van der Waals surface area (Å²) < 4.78 is 5.73. The number of nitrogens with zero attached hydrogens (tertiary/aromatic N) is 2. The molecule has 0 amide bonds. The number of hydrogen-bond donors (Lipinski definition) is 0. The van der Waals surface area contributed by atoms with E-state index in [-0.39, 0.29) is 12.3 Å². The highest BCUT2D eigenvalue weighted by Gasteiger charge is 2.11. The van der Waals surface area contributed by atoms with Gasteiger partial charge in [0.15, 0.2) is 5.75 Å². The molecule has 0 N–H and O–H groups in total. The summed E-state index contributed by atoms with van der Waals surface area (Å²) in [6.45, 7) is 4.25. The summed E-state index contributed by atoms with van der Waals surface area (Å²) in [6.07, 6.45) is 1.71. The van der Waals surface area contributed by atoms with E-state index in [0.29, 0.717) is 15.8 Å². The molecule has 0 aliphatic rings. The first-order chi connectivity index (χ1) is 13.8. The molecular weight excluding hydrogens is 411 g/mol. The number of benzene rings is 3. The Bertz CT molecular complexity index is 1060. The molecule has 7 heteroatoms. The van der Waals surface area contributed by atoms with E-state index in [1.807, 2.05) is 32.0 Å². The minimum Gasteiger partial charge on any atom is -0.486 e. The fourth-order valence-corrected chi connectivity index (χ4v) is 3.29. The van der Waals surface area contributed by atoms with Crippen molar-refractivity contribution < 1.29 is 9.66 Å². The molecule has 0 aliphatic carbocycles. The van der Waals surface area contributed by atoms with Crippen molar-refractivity contribution in [2.75, 3.05) is 0 Å². The number of ether oxygens (including phenoxy) is 1. The van der Waals surface area contributed by atoms with E-state index in [1.54, 1.807) is 30.5 Å². The van der Waals surface area contributed by atoms with Crippen LogP contribution in [0.15, 0.2) is 59.6 Å². The minimum absolute atomic E-state index is 0.0253. The molecule has 3 aromatic carbocycles. The van der Waals surface area contributed by atoms with Gasteiger partial charge in [-0.1, -0.05) is 35.3 Å². The Morgan fingerprint density at radius 1 is 1.07 bits per heavy atom. The number of halogens is 2. The molecule has 3 rings (SSSR count). The number of non-ortho nitro benzene ring substituents is 1. The zero-order valence-electron chi connectivity index (χ0n) is 15.9. The fraction of sp³-hybridized carbons (Fsp3) is 0.136. The third-order valence-corrected chi connectivity index (χ3v) is 5.04. The molecule has 0 heterocycles. The van der Waals surface area contributed by atoms with Crippen LogP contribution in [0.4, 0.5) is 11.4 Å². The van der Waals surface area contributed by atoms with Crippen LogP contribution in [0.3, 0.4) is 0 Å². The zero-order valence-corrected chi connectivity index (χ0v) is 17.4. The third kappa shape index (κ3) is 5.13. The number of nitro benzene ring substituents is 1. The zero-order chi connectivity index (χ0) is 21.0. The van der Waals surface area contributed by atoms with Crippen LogP contribution in [0.1, 0.15) is 22.3 Å². The minimum atomic E-state index is -0.448. The predicted octanol–water partition coefficient (Wildman–Crippen LogP) is 6.85. The third-order valence-electron chi connectivity index (χ3n) is 4.48. The van der Waals surface area contributed by atoms with Crippen molar-refractivity contribution in [2.45, 2.75) is 20.5 Å². The number of aliphatic imine (C=N–C) groups is 1. The Hall–Kier alpha value is -2.89. The van der Waals surface area contributed by atoms with Gasteiger partial charge in [0.2, 0.25) is 0 Å². The highest BCUT2D eigenvalue weighted by molar-refractivity contribution is 6.37. The van der Waals surface area contributed by atoms with Crippen LogP contribution in [0.5, 0.6) is 5.75 Å². The van der Waals surface area contributed by atoms with E-state index in [1.165, 1.54) is 17.7 Å². The van der Waals surface area contributed by atoms with Crippen molar-refractivity contribution in [3.05, 3.63) is 97.0 Å². The maximum Gasteiger partial charge on any atom is 0.269 e. The maximum absolute atomic E-state index is 10.7. The van der Waals surface area contributed by atoms with Crippen molar-refractivity contribution in [1.29, 1.82) is 0 Å². The summed E-state index contributed by atoms with van der Waals surface area (Å²) in [7, 11) is 0. The normalized spacial score (nSPS) is 11.0. The Balaban J connectivity index is 1.74. The van der Waals surface area contributed by atoms with Gasteiger partial charge in [0, 0.05) is 18.3 Å². The highest BCUT2D eigenvalue weighted by Crippen LogP contribution is 2.34. The second kappa shape index (κ2) is 9.07. The lowest BCUT2D eigenvalue weighted by molar-refractivity contribution is -0.384. The van der Waals surface area contributed by atoms with Crippen LogP contribution < -0.4 is 4.74 Å². The SMILES string of the molecule is Cc1cccc(N=Cc2cc(Cl)c(OCc3ccc([N+](=O)[O-])cc3)c(Cl)c2)c1C. The molecule has 0 fully saturated rings. The number of nitro groups is 1. The van der Waals surface area contributed by atoms with Crippen LogP contribution in [0, 0.1) is 24.0 Å². The summed E-state index contributed by atoms with van der Waals surface area (Å²) >= 11 is 12.7. The van der Waals surface area contributed by atoms with Gasteiger partial charge in [-0.05, 0) is 66.4 Å². The van der Waals surface area contributed by atoms with Crippen molar-refractivity contribution in [3.63, 3.8) is 0 Å². The van der Waals surface area contributed by atoms with Gasteiger partial charge in [0.1, 0.15) is 6.61 Å². The second-order valence-electron chi connectivity index (χ2n) is 6.50. The largest absolute Gasteiger partial charge is 0.486 e. The molecular formula is C22H18Cl2N2O3. The molecule has 0 radical (unpaired) electrons. The monoisotopic (exact) mass is 428 g/mol. The molecule has 0 saturated carbocycles. The Labute approximate surface area is 178 Å². The van der Waals surface area contributed by atoms with Crippen LogP contribution in [-0.2, 0) is 6.61 Å². The fourth-order valence-electron chi connectivity index (χ4n) is 2.68. The van der Waals surface area contributed by atoms with Gasteiger partial charge in [-0.3, -0.25) is 15.1 Å². The quantitative estimate of drug-likeness (QED) is 0.245. The van der Waals surface area contributed by atoms with Crippen LogP contribution in [0.2, 0.25) is 10.0 Å². The molecule has 0 spiro atoms. The topological polar surface area (TPSA) is 64.7 Å². The van der Waals surface area contributed by atoms with Crippen molar-refractivity contribution in [2.24, 2.45) is 4.99 Å². The first kappa shape index (κ1) is 20.8. The summed E-state index contributed by atoms with van der Waals surface area (Å²) in [6, 6.07) is 15.5. The lowest BCUT2D eigenvalue weighted by atomic mass is 10.1. The molecule has 29 heavy (non-hydrogen) atoms. The van der Waals surface area contributed by atoms with Gasteiger partial charge < -0.3 is 4.74 Å². The summed E-state index contributed by atoms with van der Waals surface area (Å²) in [5.74, 6) is 0.357. The lowest BCUT2D eigenvalue weighted by Gasteiger charge is -2.11. The molecule has 0 saturated heterocycles. The molecule has 0 unspecified atom stereocenters. The molecule has 5 nitrogen and oxygen atoms in total. The second-order valence-corrected chi connectivity index (χ2v) is 7.32. The molecule has 0 atom stereocenters. The molecule has 0 aromatic heterocycles. The Morgan fingerprint density at radius 3 is 2.34 bits per heavy atom. The number of hydrogen-bond acceptors (Lipinski definition) is 4. The van der Waals surface area contributed by atoms with Crippen molar-refractivity contribution in [3.8, 4) is 5.75 Å². The lowest BCUT2D eigenvalue weighted by Crippen LogP contribution is -1.98. The van der Waals surface area contributed by atoms with E-state index in [9.17, 15) is 10.1 Å². The van der Waals surface area contributed by atoms with Gasteiger partial charge in [-0.15, -0.1) is 0 Å². The van der Waals surface area contributed by atoms with E-state index in [2.05, 4.69) is 4.99 Å². The average Bonchev–Trinajstić information content (AvgIpc) is 2.69.